The molecule has 0 heterocycles. The Bertz CT molecular complexity index is 235. The summed E-state index contributed by atoms with van der Waals surface area (Å²) >= 11 is 0. The maximum absolute atomic E-state index is 5.34. The highest BCUT2D eigenvalue weighted by atomic mass is 16.5. The minimum absolute atomic E-state index is 0.403. The summed E-state index contributed by atoms with van der Waals surface area (Å²) in [6.45, 7) is 5.93. The van der Waals surface area contributed by atoms with E-state index < -0.39 is 0 Å². The fourth-order valence-electron chi connectivity index (χ4n) is 3.96. The second-order valence-electron chi connectivity index (χ2n) is 6.35. The van der Waals surface area contributed by atoms with Crippen molar-refractivity contribution in [3.8, 4) is 0 Å². The maximum Gasteiger partial charge on any atom is 0.213 e. The number of hydrogen-bond acceptors (Lipinski definition) is 2. The SMILES string of the molecule is [CH2+]OC1CCCC(N(CC)C2CCC(C)CC2)C1. The van der Waals surface area contributed by atoms with Crippen molar-refractivity contribution in [3.05, 3.63) is 7.11 Å². The van der Waals surface area contributed by atoms with E-state index in [0.717, 1.165) is 18.0 Å². The molecule has 0 bridgehead atoms. The molecule has 2 nitrogen and oxygen atoms in total. The van der Waals surface area contributed by atoms with Crippen LogP contribution in [0.15, 0.2) is 0 Å². The van der Waals surface area contributed by atoms with Gasteiger partial charge in [-0.1, -0.05) is 13.8 Å². The van der Waals surface area contributed by atoms with Crippen LogP contribution in [0.2, 0.25) is 0 Å². The van der Waals surface area contributed by atoms with E-state index in [2.05, 4.69) is 25.9 Å². The number of nitrogens with zero attached hydrogens (tertiary/aromatic N) is 1. The Morgan fingerprint density at radius 2 is 1.78 bits per heavy atom. The van der Waals surface area contributed by atoms with Crippen molar-refractivity contribution in [1.29, 1.82) is 0 Å². The molecule has 104 valence electrons. The van der Waals surface area contributed by atoms with Crippen LogP contribution in [-0.4, -0.2) is 29.6 Å². The summed E-state index contributed by atoms with van der Waals surface area (Å²) in [5.41, 5.74) is 0. The summed E-state index contributed by atoms with van der Waals surface area (Å²) in [6.07, 6.45) is 11.1. The van der Waals surface area contributed by atoms with Crippen LogP contribution in [-0.2, 0) is 4.74 Å². The molecule has 2 heteroatoms. The Labute approximate surface area is 113 Å². The lowest BCUT2D eigenvalue weighted by Crippen LogP contribution is -2.47. The van der Waals surface area contributed by atoms with Crippen LogP contribution in [0, 0.1) is 13.0 Å². The molecule has 2 aliphatic carbocycles. The molecule has 0 aromatic heterocycles. The van der Waals surface area contributed by atoms with Gasteiger partial charge < -0.3 is 0 Å². The van der Waals surface area contributed by atoms with E-state index in [1.165, 1.54) is 57.9 Å². The van der Waals surface area contributed by atoms with E-state index in [1.54, 1.807) is 0 Å². The lowest BCUT2D eigenvalue weighted by atomic mass is 9.84. The van der Waals surface area contributed by atoms with Crippen LogP contribution in [0.5, 0.6) is 0 Å². The van der Waals surface area contributed by atoms with E-state index in [1.807, 2.05) is 0 Å². The Morgan fingerprint density at radius 3 is 2.39 bits per heavy atom. The van der Waals surface area contributed by atoms with Gasteiger partial charge in [0.25, 0.3) is 0 Å². The van der Waals surface area contributed by atoms with Gasteiger partial charge in [0.2, 0.25) is 7.11 Å². The number of rotatable bonds is 4. The van der Waals surface area contributed by atoms with Gasteiger partial charge in [0, 0.05) is 12.1 Å². The topological polar surface area (TPSA) is 12.5 Å². The fraction of sp³-hybridized carbons (Fsp3) is 0.938. The van der Waals surface area contributed by atoms with Crippen molar-refractivity contribution in [2.75, 3.05) is 6.54 Å². The maximum atomic E-state index is 5.34. The molecule has 2 aliphatic rings. The molecule has 0 spiro atoms. The quantitative estimate of drug-likeness (QED) is 0.701. The number of ether oxygens (including phenoxy) is 1. The predicted molar refractivity (Wildman–Crippen MR) is 76.3 cm³/mol. The van der Waals surface area contributed by atoms with E-state index in [4.69, 9.17) is 4.74 Å². The lowest BCUT2D eigenvalue weighted by molar-refractivity contribution is 0.0202. The molecule has 18 heavy (non-hydrogen) atoms. The normalized spacial score (nSPS) is 37.9. The molecule has 2 saturated carbocycles. The van der Waals surface area contributed by atoms with Crippen LogP contribution >= 0.6 is 0 Å². The molecule has 2 fully saturated rings. The molecule has 2 unspecified atom stereocenters. The summed E-state index contributed by atoms with van der Waals surface area (Å²) in [4.78, 5) is 2.77. The van der Waals surface area contributed by atoms with Gasteiger partial charge in [0.1, 0.15) is 6.10 Å². The third-order valence-corrected chi connectivity index (χ3v) is 5.12. The van der Waals surface area contributed by atoms with Gasteiger partial charge in [0.15, 0.2) is 0 Å². The first kappa shape index (κ1) is 14.2. The van der Waals surface area contributed by atoms with Crippen molar-refractivity contribution in [1.82, 2.24) is 4.90 Å². The van der Waals surface area contributed by atoms with E-state index in [-0.39, 0.29) is 0 Å². The molecule has 0 N–H and O–H groups in total. The van der Waals surface area contributed by atoms with Gasteiger partial charge in [-0.25, -0.2) is 0 Å². The first-order valence-electron chi connectivity index (χ1n) is 7.91. The Balaban J connectivity index is 1.91. The van der Waals surface area contributed by atoms with Gasteiger partial charge in [-0.2, -0.15) is 4.74 Å². The monoisotopic (exact) mass is 252 g/mol. The third-order valence-electron chi connectivity index (χ3n) is 5.12. The van der Waals surface area contributed by atoms with Crippen molar-refractivity contribution < 1.29 is 4.74 Å². The van der Waals surface area contributed by atoms with Gasteiger partial charge in [-0.3, -0.25) is 4.90 Å². The summed E-state index contributed by atoms with van der Waals surface area (Å²) < 4.78 is 5.34. The van der Waals surface area contributed by atoms with Gasteiger partial charge >= 0.3 is 0 Å². The van der Waals surface area contributed by atoms with Crippen molar-refractivity contribution in [2.45, 2.75) is 83.4 Å². The standard InChI is InChI=1S/C16H30NO/c1-4-17(14-10-8-13(2)9-11-14)15-6-5-7-16(12-15)18-3/h13-16H,3-12H2,1-2H3/q+1. The summed E-state index contributed by atoms with van der Waals surface area (Å²) in [5.74, 6) is 0.947. The van der Waals surface area contributed by atoms with Crippen LogP contribution in [0.3, 0.4) is 0 Å². The van der Waals surface area contributed by atoms with Crippen LogP contribution in [0.25, 0.3) is 0 Å². The molecular formula is C16H30NO+. The van der Waals surface area contributed by atoms with Crippen molar-refractivity contribution in [2.24, 2.45) is 5.92 Å². The third kappa shape index (κ3) is 3.42. The molecule has 0 aromatic rings. The van der Waals surface area contributed by atoms with Gasteiger partial charge in [0.05, 0.1) is 0 Å². The van der Waals surface area contributed by atoms with Crippen molar-refractivity contribution >= 4 is 0 Å². The molecule has 0 aliphatic heterocycles. The first-order chi connectivity index (χ1) is 8.74. The predicted octanol–water partition coefficient (Wildman–Crippen LogP) is 4.01. The minimum atomic E-state index is 0.403. The zero-order valence-electron chi connectivity index (χ0n) is 12.2. The highest BCUT2D eigenvalue weighted by Crippen LogP contribution is 2.32. The number of hydrogen-bond donors (Lipinski definition) is 0. The zero-order chi connectivity index (χ0) is 13.0. The molecule has 0 radical (unpaired) electrons. The van der Waals surface area contributed by atoms with Crippen molar-refractivity contribution in [3.63, 3.8) is 0 Å². The van der Waals surface area contributed by atoms with E-state index in [0.29, 0.717) is 6.10 Å². The lowest BCUT2D eigenvalue weighted by Gasteiger charge is -2.42. The zero-order valence-corrected chi connectivity index (χ0v) is 12.2. The fourth-order valence-corrected chi connectivity index (χ4v) is 3.96. The van der Waals surface area contributed by atoms with Gasteiger partial charge in [-0.15, -0.1) is 0 Å². The van der Waals surface area contributed by atoms with Crippen LogP contribution in [0.1, 0.15) is 65.2 Å². The molecule has 0 saturated heterocycles. The molecule has 2 atom stereocenters. The Morgan fingerprint density at radius 1 is 1.06 bits per heavy atom. The summed E-state index contributed by atoms with van der Waals surface area (Å²) in [6, 6.07) is 1.58. The largest absolute Gasteiger partial charge is 0.298 e. The van der Waals surface area contributed by atoms with Crippen LogP contribution in [0.4, 0.5) is 0 Å². The second-order valence-corrected chi connectivity index (χ2v) is 6.35. The average Bonchev–Trinajstić information content (AvgIpc) is 2.42. The molecule has 2 rings (SSSR count). The summed E-state index contributed by atoms with van der Waals surface area (Å²) in [7, 11) is 3.63. The highest BCUT2D eigenvalue weighted by Gasteiger charge is 2.32. The first-order valence-corrected chi connectivity index (χ1v) is 7.91. The average molecular weight is 252 g/mol. The Kier molecular flexibility index (Phi) is 5.38. The van der Waals surface area contributed by atoms with E-state index >= 15 is 0 Å². The molecular weight excluding hydrogens is 222 g/mol. The smallest absolute Gasteiger partial charge is 0.213 e. The molecule has 0 amide bonds. The van der Waals surface area contributed by atoms with Gasteiger partial charge in [-0.05, 0) is 63.8 Å². The highest BCUT2D eigenvalue weighted by molar-refractivity contribution is 4.86. The second kappa shape index (κ2) is 6.81. The van der Waals surface area contributed by atoms with E-state index in [9.17, 15) is 0 Å². The summed E-state index contributed by atoms with van der Waals surface area (Å²) in [5, 5.41) is 0. The Hall–Kier alpha value is -0.210. The molecule has 0 aromatic carbocycles. The van der Waals surface area contributed by atoms with Crippen LogP contribution < -0.4 is 0 Å². The minimum Gasteiger partial charge on any atom is -0.298 e.